The highest BCUT2D eigenvalue weighted by molar-refractivity contribution is 7.90. The molecule has 0 saturated heterocycles. The minimum absolute atomic E-state index is 0.173. The van der Waals surface area contributed by atoms with Crippen LogP contribution in [0.4, 0.5) is 4.79 Å². The predicted octanol–water partition coefficient (Wildman–Crippen LogP) is -0.127. The molecule has 1 atom stereocenters. The van der Waals surface area contributed by atoms with Crippen LogP contribution in [0, 0.1) is 0 Å². The summed E-state index contributed by atoms with van der Waals surface area (Å²) in [5.74, 6) is -1.57. The summed E-state index contributed by atoms with van der Waals surface area (Å²) in [7, 11) is -3.28. The minimum atomic E-state index is -3.28. The maximum absolute atomic E-state index is 11.6. The molecule has 1 rings (SSSR count). The number of hydrogen-bond acceptors (Lipinski definition) is 6. The number of carboxylic acid groups (broad SMARTS) is 1. The molecule has 118 valence electrons. The van der Waals surface area contributed by atoms with E-state index in [0.29, 0.717) is 13.0 Å². The first-order valence-electron chi connectivity index (χ1n) is 6.11. The highest BCUT2D eigenvalue weighted by Gasteiger charge is 2.21. The number of nitrogens with one attached hydrogen (secondary N) is 2. The fraction of sp³-hybridized carbons (Fsp3) is 0.545. The van der Waals surface area contributed by atoms with Gasteiger partial charge in [0.15, 0.2) is 0 Å². The van der Waals surface area contributed by atoms with Crippen LogP contribution in [0.1, 0.15) is 11.4 Å². The van der Waals surface area contributed by atoms with Gasteiger partial charge in [-0.1, -0.05) is 0 Å². The van der Waals surface area contributed by atoms with E-state index in [4.69, 9.17) is 5.11 Å². The van der Waals surface area contributed by atoms with Crippen molar-refractivity contribution in [3.05, 3.63) is 16.6 Å². The number of amides is 2. The Kier molecular flexibility index (Phi) is 6.56. The first-order chi connectivity index (χ1) is 9.78. The monoisotopic (exact) mass is 335 g/mol. The van der Waals surface area contributed by atoms with Gasteiger partial charge in [-0.05, 0) is 6.42 Å². The van der Waals surface area contributed by atoms with Crippen molar-refractivity contribution in [2.24, 2.45) is 0 Å². The summed E-state index contributed by atoms with van der Waals surface area (Å²) in [6, 6.07) is -1.88. The van der Waals surface area contributed by atoms with Crippen LogP contribution in [0.5, 0.6) is 0 Å². The number of carbonyl (C=O) groups excluding carboxylic acids is 1. The average molecular weight is 335 g/mol. The smallest absolute Gasteiger partial charge is 0.326 e. The molecule has 0 spiro atoms. The predicted molar refractivity (Wildman–Crippen MR) is 78.1 cm³/mol. The lowest BCUT2D eigenvalue weighted by atomic mass is 10.2. The maximum Gasteiger partial charge on any atom is 0.326 e. The van der Waals surface area contributed by atoms with Crippen molar-refractivity contribution >= 4 is 33.2 Å². The van der Waals surface area contributed by atoms with E-state index in [2.05, 4.69) is 15.6 Å². The van der Waals surface area contributed by atoms with E-state index in [-0.39, 0.29) is 12.2 Å². The van der Waals surface area contributed by atoms with Crippen LogP contribution in [0.15, 0.2) is 11.6 Å². The van der Waals surface area contributed by atoms with Gasteiger partial charge in [0.1, 0.15) is 15.9 Å². The molecule has 1 unspecified atom stereocenters. The van der Waals surface area contributed by atoms with Crippen molar-refractivity contribution < 1.29 is 23.1 Å². The van der Waals surface area contributed by atoms with Crippen LogP contribution in [-0.4, -0.2) is 55.1 Å². The fourth-order valence-corrected chi connectivity index (χ4v) is 2.74. The molecule has 0 aliphatic rings. The van der Waals surface area contributed by atoms with Gasteiger partial charge in [-0.15, -0.1) is 11.3 Å². The van der Waals surface area contributed by atoms with E-state index in [1.54, 1.807) is 6.20 Å². The van der Waals surface area contributed by atoms with Gasteiger partial charge in [0.25, 0.3) is 0 Å². The van der Waals surface area contributed by atoms with Crippen molar-refractivity contribution in [1.29, 1.82) is 0 Å². The summed E-state index contributed by atoms with van der Waals surface area (Å²) >= 11 is 1.46. The molecule has 2 amide bonds. The molecule has 3 N–H and O–H groups in total. The molecule has 21 heavy (non-hydrogen) atoms. The largest absolute Gasteiger partial charge is 0.480 e. The number of aliphatic carboxylic acids is 1. The van der Waals surface area contributed by atoms with E-state index in [1.807, 2.05) is 5.38 Å². The zero-order valence-corrected chi connectivity index (χ0v) is 13.0. The third-order valence-electron chi connectivity index (χ3n) is 2.49. The van der Waals surface area contributed by atoms with Gasteiger partial charge in [-0.2, -0.15) is 0 Å². The van der Waals surface area contributed by atoms with Gasteiger partial charge in [-0.25, -0.2) is 23.0 Å². The highest BCUT2D eigenvalue weighted by Crippen LogP contribution is 2.03. The SMILES string of the molecule is CS(=O)(=O)CCC(NC(=O)NCCc1nccs1)C(=O)O. The number of urea groups is 1. The summed E-state index contributed by atoms with van der Waals surface area (Å²) < 4.78 is 22.0. The lowest BCUT2D eigenvalue weighted by molar-refractivity contribution is -0.139. The number of sulfone groups is 1. The summed E-state index contributed by atoms with van der Waals surface area (Å²) in [4.78, 5) is 26.6. The Labute approximate surface area is 126 Å². The van der Waals surface area contributed by atoms with Gasteiger partial charge < -0.3 is 15.7 Å². The third kappa shape index (κ3) is 7.61. The van der Waals surface area contributed by atoms with Crippen LogP contribution < -0.4 is 10.6 Å². The molecule has 10 heteroatoms. The summed E-state index contributed by atoms with van der Waals surface area (Å²) in [5, 5.41) is 16.4. The molecule has 0 bridgehead atoms. The van der Waals surface area contributed by atoms with Crippen molar-refractivity contribution in [2.45, 2.75) is 18.9 Å². The Bertz CT molecular complexity index is 571. The number of carboxylic acids is 1. The molecular weight excluding hydrogens is 318 g/mol. The molecule has 8 nitrogen and oxygen atoms in total. The molecular formula is C11H17N3O5S2. The van der Waals surface area contributed by atoms with Crippen LogP contribution in [-0.2, 0) is 21.1 Å². The Morgan fingerprint density at radius 3 is 2.71 bits per heavy atom. The van der Waals surface area contributed by atoms with Crippen molar-refractivity contribution in [3.8, 4) is 0 Å². The quantitative estimate of drug-likeness (QED) is 0.608. The van der Waals surface area contributed by atoms with Gasteiger partial charge in [0.2, 0.25) is 0 Å². The first-order valence-corrected chi connectivity index (χ1v) is 9.05. The van der Waals surface area contributed by atoms with Crippen molar-refractivity contribution in [1.82, 2.24) is 15.6 Å². The molecule has 0 aromatic carbocycles. The molecule has 1 heterocycles. The Balaban J connectivity index is 2.36. The third-order valence-corrected chi connectivity index (χ3v) is 4.31. The normalized spacial score (nSPS) is 12.6. The Morgan fingerprint density at radius 2 is 2.19 bits per heavy atom. The topological polar surface area (TPSA) is 125 Å². The Morgan fingerprint density at radius 1 is 1.48 bits per heavy atom. The number of carbonyl (C=O) groups is 2. The second-order valence-corrected chi connectivity index (χ2v) is 7.62. The Hall–Kier alpha value is -1.68. The van der Waals surface area contributed by atoms with E-state index < -0.39 is 27.9 Å². The summed E-state index contributed by atoms with van der Waals surface area (Å²) in [5.41, 5.74) is 0. The van der Waals surface area contributed by atoms with Crippen LogP contribution >= 0.6 is 11.3 Å². The standard InChI is InChI=1S/C11H17N3O5S2/c1-21(18,19)7-3-8(10(15)16)14-11(17)13-4-2-9-12-5-6-20-9/h5-6,8H,2-4,7H2,1H3,(H,15,16)(H2,13,14,17). The molecule has 1 aromatic rings. The molecule has 0 radical (unpaired) electrons. The molecule has 0 saturated carbocycles. The number of aromatic nitrogens is 1. The number of hydrogen-bond donors (Lipinski definition) is 3. The van der Waals surface area contributed by atoms with Crippen LogP contribution in [0.3, 0.4) is 0 Å². The highest BCUT2D eigenvalue weighted by atomic mass is 32.2. The fourth-order valence-electron chi connectivity index (χ4n) is 1.46. The second-order valence-electron chi connectivity index (χ2n) is 4.39. The summed E-state index contributed by atoms with van der Waals surface area (Å²) in [6.45, 7) is 0.317. The average Bonchev–Trinajstić information content (AvgIpc) is 2.86. The van der Waals surface area contributed by atoms with Gasteiger partial charge >= 0.3 is 12.0 Å². The first kappa shape index (κ1) is 17.4. The minimum Gasteiger partial charge on any atom is -0.480 e. The summed E-state index contributed by atoms with van der Waals surface area (Å²) in [6.07, 6.45) is 3.05. The van der Waals surface area contributed by atoms with Crippen molar-refractivity contribution in [3.63, 3.8) is 0 Å². The molecule has 0 aliphatic heterocycles. The van der Waals surface area contributed by atoms with Crippen LogP contribution in [0.2, 0.25) is 0 Å². The zero-order valence-electron chi connectivity index (χ0n) is 11.4. The van der Waals surface area contributed by atoms with Gasteiger partial charge in [-0.3, -0.25) is 0 Å². The van der Waals surface area contributed by atoms with E-state index in [9.17, 15) is 18.0 Å². The van der Waals surface area contributed by atoms with Crippen molar-refractivity contribution in [2.75, 3.05) is 18.6 Å². The van der Waals surface area contributed by atoms with E-state index in [1.165, 1.54) is 11.3 Å². The van der Waals surface area contributed by atoms with E-state index >= 15 is 0 Å². The maximum atomic E-state index is 11.6. The number of thiazole rings is 1. The lowest BCUT2D eigenvalue weighted by Crippen LogP contribution is -2.47. The number of nitrogens with zero attached hydrogens (tertiary/aromatic N) is 1. The van der Waals surface area contributed by atoms with E-state index in [0.717, 1.165) is 11.3 Å². The van der Waals surface area contributed by atoms with Gasteiger partial charge in [0.05, 0.1) is 10.8 Å². The second kappa shape index (κ2) is 7.93. The van der Waals surface area contributed by atoms with Crippen LogP contribution in [0.25, 0.3) is 0 Å². The molecule has 0 fully saturated rings. The number of rotatable bonds is 8. The lowest BCUT2D eigenvalue weighted by Gasteiger charge is -2.14. The molecule has 0 aliphatic carbocycles. The zero-order chi connectivity index (χ0) is 15.9. The van der Waals surface area contributed by atoms with Gasteiger partial charge in [0, 0.05) is 30.8 Å². The molecule has 1 aromatic heterocycles.